The molecule has 1 fully saturated rings. The van der Waals surface area contributed by atoms with Gasteiger partial charge in [-0.05, 0) is 38.0 Å². The van der Waals surface area contributed by atoms with Crippen molar-refractivity contribution in [2.24, 2.45) is 0 Å². The largest absolute Gasteiger partial charge is 0.334 e. The van der Waals surface area contributed by atoms with E-state index in [1.807, 2.05) is 48.2 Å². The third kappa shape index (κ3) is 4.16. The molecule has 2 aromatic heterocycles. The molecule has 3 aromatic rings. The molecule has 8 heteroatoms. The Morgan fingerprint density at radius 1 is 1.18 bits per heavy atom. The Morgan fingerprint density at radius 2 is 1.96 bits per heavy atom. The van der Waals surface area contributed by atoms with Gasteiger partial charge in [0.25, 0.3) is 5.89 Å². The van der Waals surface area contributed by atoms with E-state index in [0.29, 0.717) is 30.7 Å². The summed E-state index contributed by atoms with van der Waals surface area (Å²) in [5, 5.41) is 6.81. The highest BCUT2D eigenvalue weighted by Gasteiger charge is 2.25. The number of hydrogen-bond acceptors (Lipinski definition) is 6. The third-order valence-electron chi connectivity index (χ3n) is 4.88. The molecule has 3 heterocycles. The van der Waals surface area contributed by atoms with Crippen molar-refractivity contribution >= 4 is 6.03 Å². The summed E-state index contributed by atoms with van der Waals surface area (Å²) in [6.45, 7) is 3.52. The Kier molecular flexibility index (Phi) is 5.27. The molecular weight excluding hydrogens is 356 g/mol. The average molecular weight is 378 g/mol. The number of nitrogens with one attached hydrogen (secondary N) is 1. The zero-order chi connectivity index (χ0) is 19.3. The summed E-state index contributed by atoms with van der Waals surface area (Å²) in [4.78, 5) is 27.3. The first kappa shape index (κ1) is 18.1. The average Bonchev–Trinajstić information content (AvgIpc) is 3.22. The molecule has 1 N–H and O–H groups in total. The predicted octanol–water partition coefficient (Wildman–Crippen LogP) is 2.92. The minimum absolute atomic E-state index is 0.108. The van der Waals surface area contributed by atoms with Gasteiger partial charge in [-0.15, -0.1) is 0 Å². The van der Waals surface area contributed by atoms with Crippen molar-refractivity contribution in [1.29, 1.82) is 0 Å². The molecule has 0 radical (unpaired) electrons. The van der Waals surface area contributed by atoms with Crippen molar-refractivity contribution in [3.63, 3.8) is 0 Å². The second kappa shape index (κ2) is 8.16. The molecule has 1 aliphatic heterocycles. The summed E-state index contributed by atoms with van der Waals surface area (Å²) in [6, 6.07) is 11.4. The molecule has 0 aliphatic carbocycles. The monoisotopic (exact) mass is 378 g/mol. The molecule has 0 atom stereocenters. The summed E-state index contributed by atoms with van der Waals surface area (Å²) < 4.78 is 5.26. The Balaban J connectivity index is 1.28. The standard InChI is InChI=1S/C20H22N6O2/c1-14-21-10-7-17(23-14)15-8-11-26(12-9-15)20(27)22-13-18-24-19(28-25-18)16-5-3-2-4-6-16/h2-7,10,15H,8-9,11-13H2,1H3,(H,22,27). The Morgan fingerprint density at radius 3 is 2.71 bits per heavy atom. The molecule has 1 aromatic carbocycles. The summed E-state index contributed by atoms with van der Waals surface area (Å²) in [5.74, 6) is 2.06. The van der Waals surface area contributed by atoms with E-state index in [4.69, 9.17) is 4.52 Å². The summed E-state index contributed by atoms with van der Waals surface area (Å²) >= 11 is 0. The number of rotatable bonds is 4. The summed E-state index contributed by atoms with van der Waals surface area (Å²) in [5.41, 5.74) is 1.92. The lowest BCUT2D eigenvalue weighted by molar-refractivity contribution is 0.180. The number of carbonyl (C=O) groups excluding carboxylic acids is 1. The van der Waals surface area contributed by atoms with E-state index in [1.165, 1.54) is 0 Å². The maximum absolute atomic E-state index is 12.4. The van der Waals surface area contributed by atoms with Crippen molar-refractivity contribution in [2.45, 2.75) is 32.2 Å². The fourth-order valence-electron chi connectivity index (χ4n) is 3.37. The molecule has 8 nitrogen and oxygen atoms in total. The minimum atomic E-state index is -0.108. The first-order valence-electron chi connectivity index (χ1n) is 9.39. The van der Waals surface area contributed by atoms with E-state index in [-0.39, 0.29) is 12.6 Å². The van der Waals surface area contributed by atoms with Crippen molar-refractivity contribution in [1.82, 2.24) is 30.3 Å². The van der Waals surface area contributed by atoms with Gasteiger partial charge >= 0.3 is 6.03 Å². The molecule has 4 rings (SSSR count). The SMILES string of the molecule is Cc1nccc(C2CCN(C(=O)NCc3noc(-c4ccccc4)n3)CC2)n1. The van der Waals surface area contributed by atoms with Gasteiger partial charge in [0.15, 0.2) is 5.82 Å². The maximum atomic E-state index is 12.4. The number of amides is 2. The van der Waals surface area contributed by atoms with Gasteiger partial charge in [-0.3, -0.25) is 0 Å². The van der Waals surface area contributed by atoms with Crippen LogP contribution in [0.5, 0.6) is 0 Å². The van der Waals surface area contributed by atoms with Crippen LogP contribution >= 0.6 is 0 Å². The van der Waals surface area contributed by atoms with Crippen LogP contribution in [0, 0.1) is 6.92 Å². The highest BCUT2D eigenvalue weighted by atomic mass is 16.5. The van der Waals surface area contributed by atoms with Gasteiger partial charge in [-0.1, -0.05) is 23.4 Å². The third-order valence-corrected chi connectivity index (χ3v) is 4.88. The van der Waals surface area contributed by atoms with Crippen molar-refractivity contribution in [3.05, 3.63) is 59.9 Å². The fraction of sp³-hybridized carbons (Fsp3) is 0.350. The van der Waals surface area contributed by atoms with E-state index in [9.17, 15) is 4.79 Å². The van der Waals surface area contributed by atoms with Crippen LogP contribution in [0.2, 0.25) is 0 Å². The number of nitrogens with zero attached hydrogens (tertiary/aromatic N) is 5. The van der Waals surface area contributed by atoms with E-state index in [1.54, 1.807) is 6.20 Å². The Labute approximate surface area is 163 Å². The topological polar surface area (TPSA) is 97.0 Å². The van der Waals surface area contributed by atoms with Gasteiger partial charge in [-0.2, -0.15) is 4.98 Å². The zero-order valence-corrected chi connectivity index (χ0v) is 15.7. The number of urea groups is 1. The molecule has 1 saturated heterocycles. The highest BCUT2D eigenvalue weighted by Crippen LogP contribution is 2.26. The number of aromatic nitrogens is 4. The normalized spacial score (nSPS) is 14.8. The van der Waals surface area contributed by atoms with Crippen LogP contribution in [0.1, 0.15) is 36.1 Å². The lowest BCUT2D eigenvalue weighted by Crippen LogP contribution is -2.44. The van der Waals surface area contributed by atoms with Gasteiger partial charge in [0.2, 0.25) is 0 Å². The van der Waals surface area contributed by atoms with Crippen LogP contribution in [-0.4, -0.2) is 44.1 Å². The molecule has 0 unspecified atom stereocenters. The smallest absolute Gasteiger partial charge is 0.317 e. The first-order valence-corrected chi connectivity index (χ1v) is 9.39. The number of likely N-dealkylation sites (tertiary alicyclic amines) is 1. The molecule has 1 aliphatic rings. The Hall–Kier alpha value is -3.29. The zero-order valence-electron chi connectivity index (χ0n) is 15.7. The van der Waals surface area contributed by atoms with Gasteiger partial charge in [0, 0.05) is 36.5 Å². The van der Waals surface area contributed by atoms with Crippen LogP contribution in [0.4, 0.5) is 4.79 Å². The summed E-state index contributed by atoms with van der Waals surface area (Å²) in [7, 11) is 0. The Bertz CT molecular complexity index is 935. The van der Waals surface area contributed by atoms with Gasteiger partial charge < -0.3 is 14.7 Å². The molecule has 0 bridgehead atoms. The molecule has 28 heavy (non-hydrogen) atoms. The number of hydrogen-bond donors (Lipinski definition) is 1. The first-order chi connectivity index (χ1) is 13.7. The van der Waals surface area contributed by atoms with Gasteiger partial charge in [-0.25, -0.2) is 14.8 Å². The molecule has 0 spiro atoms. The molecule has 2 amide bonds. The highest BCUT2D eigenvalue weighted by molar-refractivity contribution is 5.74. The van der Waals surface area contributed by atoms with Crippen LogP contribution in [-0.2, 0) is 6.54 Å². The van der Waals surface area contributed by atoms with E-state index in [0.717, 1.165) is 29.9 Å². The van der Waals surface area contributed by atoms with Crippen LogP contribution in [0.3, 0.4) is 0 Å². The lowest BCUT2D eigenvalue weighted by Gasteiger charge is -2.31. The van der Waals surface area contributed by atoms with E-state index < -0.39 is 0 Å². The van der Waals surface area contributed by atoms with Gasteiger partial charge in [0.1, 0.15) is 5.82 Å². The molecule has 0 saturated carbocycles. The maximum Gasteiger partial charge on any atom is 0.317 e. The number of benzene rings is 1. The van der Waals surface area contributed by atoms with Crippen LogP contribution in [0.25, 0.3) is 11.5 Å². The second-order valence-electron chi connectivity index (χ2n) is 6.83. The van der Waals surface area contributed by atoms with Crippen LogP contribution in [0.15, 0.2) is 47.1 Å². The number of piperidine rings is 1. The minimum Gasteiger partial charge on any atom is -0.334 e. The van der Waals surface area contributed by atoms with Crippen molar-refractivity contribution in [3.8, 4) is 11.5 Å². The molecule has 144 valence electrons. The van der Waals surface area contributed by atoms with Crippen LogP contribution < -0.4 is 5.32 Å². The van der Waals surface area contributed by atoms with E-state index >= 15 is 0 Å². The van der Waals surface area contributed by atoms with Crippen molar-refractivity contribution in [2.75, 3.05) is 13.1 Å². The quantitative estimate of drug-likeness (QED) is 0.750. The summed E-state index contributed by atoms with van der Waals surface area (Å²) in [6.07, 6.45) is 3.58. The van der Waals surface area contributed by atoms with Gasteiger partial charge in [0.05, 0.1) is 6.54 Å². The number of carbonyl (C=O) groups is 1. The molecular formula is C20H22N6O2. The second-order valence-corrected chi connectivity index (χ2v) is 6.83. The fourth-order valence-corrected chi connectivity index (χ4v) is 3.37. The van der Waals surface area contributed by atoms with Crippen molar-refractivity contribution < 1.29 is 9.32 Å². The predicted molar refractivity (Wildman–Crippen MR) is 102 cm³/mol. The van der Waals surface area contributed by atoms with E-state index in [2.05, 4.69) is 25.4 Å². The lowest BCUT2D eigenvalue weighted by atomic mass is 9.93. The number of aryl methyl sites for hydroxylation is 1.